The highest BCUT2D eigenvalue weighted by molar-refractivity contribution is 8.02. The number of nitrogens with zero attached hydrogens (tertiary/aromatic N) is 1. The predicted molar refractivity (Wildman–Crippen MR) is 57.0 cm³/mol. The quantitative estimate of drug-likeness (QED) is 0.341. The third-order valence-corrected chi connectivity index (χ3v) is 2.26. The first kappa shape index (κ1) is 13.8. The molecule has 0 rings (SSSR count). The number of nitriles is 1. The standard InChI is InChI=1S/C8H9ClN2O3S/c1-14-8(13)5(4-10)7(15-2)11-6(12)3-9/h3H2,1-2H3,(H,11,12)/b7-5+. The fourth-order valence-electron chi connectivity index (χ4n) is 0.667. The molecule has 0 aromatic carbocycles. The molecule has 0 saturated carbocycles. The second kappa shape index (κ2) is 7.15. The van der Waals surface area contributed by atoms with E-state index in [2.05, 4.69) is 10.1 Å². The Kier molecular flexibility index (Phi) is 6.58. The Labute approximate surface area is 96.4 Å². The van der Waals surface area contributed by atoms with Gasteiger partial charge in [0.25, 0.3) is 0 Å². The normalized spacial score (nSPS) is 11.1. The Morgan fingerprint density at radius 3 is 2.53 bits per heavy atom. The number of rotatable bonds is 4. The molecular formula is C8H9ClN2O3S. The molecule has 0 unspecified atom stereocenters. The number of halogens is 1. The Bertz CT molecular complexity index is 335. The van der Waals surface area contributed by atoms with E-state index < -0.39 is 11.9 Å². The lowest BCUT2D eigenvalue weighted by Gasteiger charge is -2.07. The number of nitrogens with one attached hydrogen (secondary N) is 1. The van der Waals surface area contributed by atoms with Crippen LogP contribution in [0.25, 0.3) is 0 Å². The summed E-state index contributed by atoms with van der Waals surface area (Å²) in [5.74, 6) is -1.53. The van der Waals surface area contributed by atoms with Gasteiger partial charge in [-0.1, -0.05) is 0 Å². The van der Waals surface area contributed by atoms with Crippen molar-refractivity contribution in [2.45, 2.75) is 0 Å². The summed E-state index contributed by atoms with van der Waals surface area (Å²) in [4.78, 5) is 22.1. The predicted octanol–water partition coefficient (Wildman–Crippen LogP) is 0.613. The molecule has 0 aliphatic carbocycles. The van der Waals surface area contributed by atoms with Crippen molar-refractivity contribution in [3.05, 3.63) is 10.6 Å². The van der Waals surface area contributed by atoms with E-state index in [4.69, 9.17) is 16.9 Å². The van der Waals surface area contributed by atoms with Crippen LogP contribution in [0.1, 0.15) is 0 Å². The first-order valence-electron chi connectivity index (χ1n) is 3.73. The number of thioether (sulfide) groups is 1. The van der Waals surface area contributed by atoms with Crippen LogP contribution >= 0.6 is 23.4 Å². The summed E-state index contributed by atoms with van der Waals surface area (Å²) in [6.45, 7) is 0. The van der Waals surface area contributed by atoms with Crippen molar-refractivity contribution in [1.29, 1.82) is 5.26 Å². The fraction of sp³-hybridized carbons (Fsp3) is 0.375. The molecule has 7 heteroatoms. The summed E-state index contributed by atoms with van der Waals surface area (Å²) >= 11 is 6.33. The monoisotopic (exact) mass is 248 g/mol. The molecule has 0 saturated heterocycles. The molecule has 0 fully saturated rings. The minimum absolute atomic E-state index is 0.134. The minimum Gasteiger partial charge on any atom is -0.465 e. The summed E-state index contributed by atoms with van der Waals surface area (Å²) in [5, 5.41) is 11.2. The second-order valence-electron chi connectivity index (χ2n) is 2.19. The summed E-state index contributed by atoms with van der Waals surface area (Å²) in [5.41, 5.74) is -0.247. The molecule has 0 radical (unpaired) electrons. The average molecular weight is 249 g/mol. The molecule has 5 nitrogen and oxygen atoms in total. The number of hydrogen-bond donors (Lipinski definition) is 1. The summed E-state index contributed by atoms with van der Waals surface area (Å²) in [6, 6.07) is 1.66. The summed E-state index contributed by atoms with van der Waals surface area (Å²) in [6.07, 6.45) is 1.62. The molecule has 1 N–H and O–H groups in total. The highest BCUT2D eigenvalue weighted by atomic mass is 35.5. The third-order valence-electron chi connectivity index (χ3n) is 1.31. The molecule has 15 heavy (non-hydrogen) atoms. The highest BCUT2D eigenvalue weighted by Crippen LogP contribution is 2.14. The van der Waals surface area contributed by atoms with E-state index in [1.54, 1.807) is 12.3 Å². The van der Waals surface area contributed by atoms with Gasteiger partial charge in [-0.2, -0.15) is 5.26 Å². The van der Waals surface area contributed by atoms with E-state index in [-0.39, 0.29) is 16.5 Å². The van der Waals surface area contributed by atoms with Crippen molar-refractivity contribution >= 4 is 35.2 Å². The van der Waals surface area contributed by atoms with Gasteiger partial charge in [0.1, 0.15) is 17.0 Å². The van der Waals surface area contributed by atoms with Crippen LogP contribution in [0.15, 0.2) is 10.6 Å². The van der Waals surface area contributed by atoms with Gasteiger partial charge in [-0.3, -0.25) is 4.79 Å². The van der Waals surface area contributed by atoms with Gasteiger partial charge in [0.05, 0.1) is 7.11 Å². The van der Waals surface area contributed by atoms with E-state index in [0.717, 1.165) is 18.9 Å². The van der Waals surface area contributed by atoms with Crippen molar-refractivity contribution in [3.63, 3.8) is 0 Å². The van der Waals surface area contributed by atoms with Crippen LogP contribution < -0.4 is 5.32 Å². The largest absolute Gasteiger partial charge is 0.465 e. The number of carbonyl (C=O) groups excluding carboxylic acids is 2. The van der Waals surface area contributed by atoms with E-state index in [9.17, 15) is 9.59 Å². The average Bonchev–Trinajstić information content (AvgIpc) is 2.27. The molecule has 0 aromatic heterocycles. The van der Waals surface area contributed by atoms with Gasteiger partial charge in [0, 0.05) is 0 Å². The van der Waals surface area contributed by atoms with Crippen LogP contribution in [0.3, 0.4) is 0 Å². The molecular weight excluding hydrogens is 240 g/mol. The van der Waals surface area contributed by atoms with Crippen LogP contribution in [0.2, 0.25) is 0 Å². The third kappa shape index (κ3) is 4.23. The zero-order valence-corrected chi connectivity index (χ0v) is 9.74. The molecule has 0 bridgehead atoms. The van der Waals surface area contributed by atoms with Gasteiger partial charge in [0.2, 0.25) is 5.91 Å². The number of hydrogen-bond acceptors (Lipinski definition) is 5. The second-order valence-corrected chi connectivity index (χ2v) is 3.28. The first-order valence-corrected chi connectivity index (χ1v) is 5.49. The van der Waals surface area contributed by atoms with E-state index in [1.807, 2.05) is 0 Å². The lowest BCUT2D eigenvalue weighted by Crippen LogP contribution is -2.25. The number of ether oxygens (including phenoxy) is 1. The SMILES string of the molecule is COC(=O)/C(C#N)=C(\NC(=O)CCl)SC. The Morgan fingerprint density at radius 2 is 2.20 bits per heavy atom. The van der Waals surface area contributed by atoms with Gasteiger partial charge in [-0.25, -0.2) is 4.79 Å². The smallest absolute Gasteiger partial charge is 0.351 e. The molecule has 82 valence electrons. The molecule has 0 atom stereocenters. The lowest BCUT2D eigenvalue weighted by molar-refractivity contribution is -0.135. The van der Waals surface area contributed by atoms with Crippen molar-refractivity contribution in [3.8, 4) is 6.07 Å². The maximum atomic E-state index is 11.1. The van der Waals surface area contributed by atoms with Crippen LogP contribution in [0.5, 0.6) is 0 Å². The number of carbonyl (C=O) groups is 2. The van der Waals surface area contributed by atoms with Crippen molar-refractivity contribution < 1.29 is 14.3 Å². The lowest BCUT2D eigenvalue weighted by atomic mass is 10.3. The zero-order valence-electron chi connectivity index (χ0n) is 8.17. The van der Waals surface area contributed by atoms with Gasteiger partial charge in [0.15, 0.2) is 5.57 Å². The topological polar surface area (TPSA) is 79.2 Å². The number of amides is 1. The van der Waals surface area contributed by atoms with Crippen LogP contribution in [0, 0.1) is 11.3 Å². The molecule has 0 spiro atoms. The molecule has 1 amide bonds. The summed E-state index contributed by atoms with van der Waals surface area (Å²) < 4.78 is 4.38. The first-order chi connectivity index (χ1) is 7.10. The zero-order chi connectivity index (χ0) is 11.8. The van der Waals surface area contributed by atoms with E-state index >= 15 is 0 Å². The fourth-order valence-corrected chi connectivity index (χ4v) is 1.28. The van der Waals surface area contributed by atoms with E-state index in [0.29, 0.717) is 0 Å². The molecule has 0 aromatic rings. The molecule has 0 heterocycles. The van der Waals surface area contributed by atoms with Gasteiger partial charge < -0.3 is 10.1 Å². The number of alkyl halides is 1. The maximum Gasteiger partial charge on any atom is 0.351 e. The maximum absolute atomic E-state index is 11.1. The Hall–Kier alpha value is -1.19. The van der Waals surface area contributed by atoms with Gasteiger partial charge >= 0.3 is 5.97 Å². The van der Waals surface area contributed by atoms with Crippen molar-refractivity contribution in [1.82, 2.24) is 5.32 Å². The Morgan fingerprint density at radius 1 is 1.60 bits per heavy atom. The highest BCUT2D eigenvalue weighted by Gasteiger charge is 2.16. The van der Waals surface area contributed by atoms with Gasteiger partial charge in [-0.05, 0) is 6.26 Å². The van der Waals surface area contributed by atoms with Crippen molar-refractivity contribution in [2.24, 2.45) is 0 Å². The van der Waals surface area contributed by atoms with Crippen LogP contribution in [-0.2, 0) is 14.3 Å². The van der Waals surface area contributed by atoms with Crippen molar-refractivity contribution in [2.75, 3.05) is 19.2 Å². The van der Waals surface area contributed by atoms with E-state index in [1.165, 1.54) is 0 Å². The molecule has 0 aliphatic rings. The minimum atomic E-state index is -0.795. The summed E-state index contributed by atoms with van der Waals surface area (Å²) in [7, 11) is 1.15. The Balaban J connectivity index is 5.01. The number of methoxy groups -OCH3 is 1. The van der Waals surface area contributed by atoms with Crippen LogP contribution in [0.4, 0.5) is 0 Å². The molecule has 0 aliphatic heterocycles. The van der Waals surface area contributed by atoms with Crippen LogP contribution in [-0.4, -0.2) is 31.1 Å². The van der Waals surface area contributed by atoms with Gasteiger partial charge in [-0.15, -0.1) is 23.4 Å². The number of esters is 1.